The third-order valence-electron chi connectivity index (χ3n) is 5.19. The molecule has 3 N–H and O–H groups in total. The fourth-order valence-corrected chi connectivity index (χ4v) is 3.71. The first-order chi connectivity index (χ1) is 13.0. The van der Waals surface area contributed by atoms with Crippen LogP contribution >= 0.6 is 12.4 Å². The minimum Gasteiger partial charge on any atom is -0.346 e. The van der Waals surface area contributed by atoms with Gasteiger partial charge in [-0.25, -0.2) is 9.07 Å². The van der Waals surface area contributed by atoms with Gasteiger partial charge in [0.15, 0.2) is 5.69 Å². The monoisotopic (exact) mass is 408 g/mol. The molecule has 28 heavy (non-hydrogen) atoms. The summed E-state index contributed by atoms with van der Waals surface area (Å²) in [7, 11) is 0. The Morgan fingerprint density at radius 3 is 2.64 bits per heavy atom. The Balaban J connectivity index is 0.00000280. The van der Waals surface area contributed by atoms with Gasteiger partial charge in [-0.05, 0) is 37.8 Å². The van der Waals surface area contributed by atoms with Crippen molar-refractivity contribution in [2.75, 3.05) is 6.54 Å². The molecule has 1 aromatic heterocycles. The first-order valence-corrected chi connectivity index (χ1v) is 9.38. The van der Waals surface area contributed by atoms with Gasteiger partial charge in [0.2, 0.25) is 5.43 Å². The van der Waals surface area contributed by atoms with Crippen LogP contribution in [0.3, 0.4) is 0 Å². The van der Waals surface area contributed by atoms with Gasteiger partial charge in [0.1, 0.15) is 11.5 Å². The van der Waals surface area contributed by atoms with Crippen molar-refractivity contribution in [2.45, 2.75) is 45.1 Å². The van der Waals surface area contributed by atoms with E-state index in [1.54, 1.807) is 25.1 Å². The molecule has 1 unspecified atom stereocenters. The first-order valence-electron chi connectivity index (χ1n) is 9.38. The van der Waals surface area contributed by atoms with Gasteiger partial charge in [0.05, 0.1) is 0 Å². The Morgan fingerprint density at radius 1 is 1.32 bits per heavy atom. The number of rotatable bonds is 5. The highest BCUT2D eigenvalue weighted by molar-refractivity contribution is 5.92. The van der Waals surface area contributed by atoms with E-state index < -0.39 is 17.2 Å². The molecule has 2 aromatic rings. The molecule has 1 aromatic carbocycles. The average Bonchev–Trinajstić information content (AvgIpc) is 2.67. The van der Waals surface area contributed by atoms with Crippen LogP contribution in [0.15, 0.2) is 35.1 Å². The minimum absolute atomic E-state index is 0. The van der Waals surface area contributed by atoms with Gasteiger partial charge in [0, 0.05) is 24.3 Å². The molecule has 1 aliphatic carbocycles. The Hall–Kier alpha value is -2.25. The second-order valence-electron chi connectivity index (χ2n) is 7.08. The second kappa shape index (κ2) is 9.80. The number of benzene rings is 1. The number of aromatic nitrogens is 2. The lowest BCUT2D eigenvalue weighted by atomic mass is 9.84. The Bertz CT molecular complexity index is 881. The van der Waals surface area contributed by atoms with E-state index >= 15 is 0 Å². The van der Waals surface area contributed by atoms with E-state index in [4.69, 9.17) is 5.73 Å². The molecule has 0 radical (unpaired) electrons. The third kappa shape index (κ3) is 4.77. The molecule has 0 saturated heterocycles. The number of nitrogens with one attached hydrogen (secondary N) is 1. The predicted octanol–water partition coefficient (Wildman–Crippen LogP) is 2.74. The van der Waals surface area contributed by atoms with Crippen molar-refractivity contribution in [1.29, 1.82) is 0 Å². The molecule has 8 heteroatoms. The number of halogens is 2. The number of hydrogen-bond acceptors (Lipinski definition) is 4. The molecule has 1 saturated carbocycles. The smallest absolute Gasteiger partial charge is 0.276 e. The molecule has 0 aliphatic heterocycles. The van der Waals surface area contributed by atoms with Gasteiger partial charge in [-0.2, -0.15) is 5.10 Å². The summed E-state index contributed by atoms with van der Waals surface area (Å²) < 4.78 is 15.4. The van der Waals surface area contributed by atoms with Gasteiger partial charge in [-0.15, -0.1) is 12.4 Å². The molecular formula is C20H26ClFN4O2. The minimum atomic E-state index is -0.564. The number of carbonyl (C=O) groups excluding carboxylic acids is 1. The summed E-state index contributed by atoms with van der Waals surface area (Å²) in [6.45, 7) is 1.96. The molecular weight excluding hydrogens is 383 g/mol. The van der Waals surface area contributed by atoms with E-state index in [1.807, 2.05) is 0 Å². The fourth-order valence-electron chi connectivity index (χ4n) is 3.71. The van der Waals surface area contributed by atoms with Crippen molar-refractivity contribution in [1.82, 2.24) is 15.1 Å². The first kappa shape index (κ1) is 22.0. The number of nitrogens with zero attached hydrogens (tertiary/aromatic N) is 2. The Kier molecular flexibility index (Phi) is 7.71. The standard InChI is InChI=1S/C20H25FN4O2.ClH/c1-13-11-18(26)19(24-25(13)17-10-6-5-9-15(17)21)20(27)23-16(12-22)14-7-3-2-4-8-14;/h5-6,9-11,14,16H,2-4,7-8,12,22H2,1H3,(H,23,27);1H. The van der Waals surface area contributed by atoms with E-state index in [1.165, 1.54) is 23.2 Å². The predicted molar refractivity (Wildman–Crippen MR) is 109 cm³/mol. The molecule has 1 amide bonds. The van der Waals surface area contributed by atoms with E-state index in [-0.39, 0.29) is 29.8 Å². The van der Waals surface area contributed by atoms with Gasteiger partial charge in [0.25, 0.3) is 5.91 Å². The zero-order valence-electron chi connectivity index (χ0n) is 15.9. The van der Waals surface area contributed by atoms with E-state index in [0.717, 1.165) is 25.7 Å². The highest BCUT2D eigenvalue weighted by atomic mass is 35.5. The van der Waals surface area contributed by atoms with Crippen molar-refractivity contribution in [2.24, 2.45) is 11.7 Å². The average molecular weight is 409 g/mol. The zero-order valence-corrected chi connectivity index (χ0v) is 16.7. The summed E-state index contributed by atoms with van der Waals surface area (Å²) in [6.07, 6.45) is 5.49. The van der Waals surface area contributed by atoms with Gasteiger partial charge in [-0.1, -0.05) is 31.4 Å². The highest BCUT2D eigenvalue weighted by Crippen LogP contribution is 2.26. The summed E-state index contributed by atoms with van der Waals surface area (Å²) in [5.41, 5.74) is 5.76. The maximum Gasteiger partial charge on any atom is 0.276 e. The largest absolute Gasteiger partial charge is 0.346 e. The normalized spacial score (nSPS) is 15.5. The highest BCUT2D eigenvalue weighted by Gasteiger charge is 2.26. The SMILES string of the molecule is Cc1cc(=O)c(C(=O)NC(CN)C2CCCCC2)nn1-c1ccccc1F.Cl. The topological polar surface area (TPSA) is 90.0 Å². The van der Waals surface area contributed by atoms with Crippen LogP contribution in [0.2, 0.25) is 0 Å². The van der Waals surface area contributed by atoms with Crippen LogP contribution in [0.4, 0.5) is 4.39 Å². The number of carbonyl (C=O) groups is 1. The van der Waals surface area contributed by atoms with Crippen LogP contribution in [0.25, 0.3) is 5.69 Å². The maximum atomic E-state index is 14.1. The molecule has 1 aliphatic rings. The number of nitrogens with two attached hydrogens (primary N) is 1. The molecule has 0 spiro atoms. The second-order valence-corrected chi connectivity index (χ2v) is 7.08. The molecule has 152 valence electrons. The fraction of sp³-hybridized carbons (Fsp3) is 0.450. The Labute approximate surface area is 169 Å². The van der Waals surface area contributed by atoms with Gasteiger partial charge in [-0.3, -0.25) is 9.59 Å². The van der Waals surface area contributed by atoms with Crippen LogP contribution in [0.1, 0.15) is 48.3 Å². The van der Waals surface area contributed by atoms with Crippen LogP contribution < -0.4 is 16.5 Å². The maximum absolute atomic E-state index is 14.1. The zero-order chi connectivity index (χ0) is 19.4. The summed E-state index contributed by atoms with van der Waals surface area (Å²) in [5.74, 6) is -0.733. The Morgan fingerprint density at radius 2 is 2.00 bits per heavy atom. The van der Waals surface area contributed by atoms with Gasteiger partial charge < -0.3 is 11.1 Å². The number of para-hydroxylation sites is 1. The van der Waals surface area contributed by atoms with Crippen LogP contribution in [-0.4, -0.2) is 28.3 Å². The molecule has 1 heterocycles. The van der Waals surface area contributed by atoms with E-state index in [2.05, 4.69) is 10.4 Å². The van der Waals surface area contributed by atoms with Crippen LogP contribution in [0.5, 0.6) is 0 Å². The molecule has 6 nitrogen and oxygen atoms in total. The lowest BCUT2D eigenvalue weighted by Gasteiger charge is -2.29. The molecule has 0 bridgehead atoms. The summed E-state index contributed by atoms with van der Waals surface area (Å²) in [6, 6.07) is 7.20. The quantitative estimate of drug-likeness (QED) is 0.795. The van der Waals surface area contributed by atoms with Crippen molar-refractivity contribution in [3.8, 4) is 5.69 Å². The van der Waals surface area contributed by atoms with Gasteiger partial charge >= 0.3 is 0 Å². The van der Waals surface area contributed by atoms with Crippen molar-refractivity contribution >= 4 is 18.3 Å². The molecule has 1 atom stereocenters. The molecule has 1 fully saturated rings. The number of amides is 1. The molecule has 3 rings (SSSR count). The van der Waals surface area contributed by atoms with E-state index in [9.17, 15) is 14.0 Å². The summed E-state index contributed by atoms with van der Waals surface area (Å²) >= 11 is 0. The van der Waals surface area contributed by atoms with Crippen LogP contribution in [0, 0.1) is 18.7 Å². The van der Waals surface area contributed by atoms with Crippen LogP contribution in [-0.2, 0) is 0 Å². The summed E-state index contributed by atoms with van der Waals surface area (Å²) in [5, 5.41) is 7.02. The van der Waals surface area contributed by atoms with Crippen molar-refractivity contribution < 1.29 is 9.18 Å². The lowest BCUT2D eigenvalue weighted by Crippen LogP contribution is -2.47. The number of aryl methyl sites for hydroxylation is 1. The van der Waals surface area contributed by atoms with Crippen molar-refractivity contribution in [3.63, 3.8) is 0 Å². The lowest BCUT2D eigenvalue weighted by molar-refractivity contribution is 0.0907. The number of hydrogen-bond donors (Lipinski definition) is 2. The van der Waals surface area contributed by atoms with Crippen molar-refractivity contribution in [3.05, 3.63) is 57.8 Å². The third-order valence-corrected chi connectivity index (χ3v) is 5.19. The van der Waals surface area contributed by atoms with E-state index in [0.29, 0.717) is 18.2 Å². The summed E-state index contributed by atoms with van der Waals surface area (Å²) in [4.78, 5) is 25.1.